The van der Waals surface area contributed by atoms with Gasteiger partial charge in [0, 0.05) is 12.3 Å². The highest BCUT2D eigenvalue weighted by Crippen LogP contribution is 2.71. The van der Waals surface area contributed by atoms with Gasteiger partial charge in [-0.2, -0.15) is 0 Å². The van der Waals surface area contributed by atoms with Gasteiger partial charge >= 0.3 is 5.97 Å². The molecule has 0 N–H and O–H groups in total. The van der Waals surface area contributed by atoms with Crippen molar-refractivity contribution in [1.82, 2.24) is 0 Å². The minimum Gasteiger partial charge on any atom is -0.493 e. The third-order valence-electron chi connectivity index (χ3n) is 13.1. The molecule has 0 saturated heterocycles. The molecular formula is C35H48O4. The minimum absolute atomic E-state index is 0.0271. The summed E-state index contributed by atoms with van der Waals surface area (Å²) in [5.74, 6) is 4.80. The number of hydrogen-bond donors (Lipinski definition) is 0. The van der Waals surface area contributed by atoms with E-state index in [1.54, 1.807) is 7.11 Å². The van der Waals surface area contributed by atoms with Crippen LogP contribution in [0.5, 0.6) is 11.5 Å². The summed E-state index contributed by atoms with van der Waals surface area (Å²) in [4.78, 5) is 26.7. The maximum atomic E-state index is 14.1. The van der Waals surface area contributed by atoms with E-state index in [-0.39, 0.29) is 22.7 Å². The smallest absolute Gasteiger partial charge is 0.317 e. The lowest BCUT2D eigenvalue weighted by Crippen LogP contribution is -2.61. The first-order chi connectivity index (χ1) is 18.7. The number of fused-ring (bicyclic) bond motifs is 7. The summed E-state index contributed by atoms with van der Waals surface area (Å²) < 4.78 is 11.8. The van der Waals surface area contributed by atoms with Gasteiger partial charge in [0.15, 0.2) is 11.5 Å². The molecule has 5 aliphatic carbocycles. The summed E-state index contributed by atoms with van der Waals surface area (Å²) in [5, 5.41) is 0. The number of rotatable bonds is 5. The highest BCUT2D eigenvalue weighted by atomic mass is 16.6. The number of carbonyl (C=O) groups excluding carboxylic acids is 2. The molecule has 1 aromatic rings. The second-order valence-corrected chi connectivity index (χ2v) is 14.4. The molecule has 5 fully saturated rings. The molecule has 9 atom stereocenters. The van der Waals surface area contributed by atoms with Gasteiger partial charge in [0.1, 0.15) is 5.78 Å². The van der Waals surface area contributed by atoms with Gasteiger partial charge in [0.05, 0.1) is 12.5 Å². The Hall–Kier alpha value is -2.10. The van der Waals surface area contributed by atoms with Crippen molar-refractivity contribution in [2.45, 2.75) is 97.8 Å². The van der Waals surface area contributed by atoms with E-state index in [9.17, 15) is 9.59 Å². The Kier molecular flexibility index (Phi) is 6.79. The maximum absolute atomic E-state index is 14.1. The molecule has 39 heavy (non-hydrogen) atoms. The van der Waals surface area contributed by atoms with Gasteiger partial charge < -0.3 is 9.47 Å². The average Bonchev–Trinajstić information content (AvgIpc) is 3.38. The van der Waals surface area contributed by atoms with Crippen LogP contribution in [0.2, 0.25) is 0 Å². The first-order valence-corrected chi connectivity index (χ1v) is 15.7. The summed E-state index contributed by atoms with van der Waals surface area (Å²) in [5.41, 5.74) is 1.34. The Bertz CT molecular complexity index is 1160. The molecule has 0 aromatic heterocycles. The SMILES string of the molecule is C=CCc1ccc(OC(=O)C23CCCC2C2CCC4C5(C)CCC(=O)C(C)C5CCC4(C)C2CC3)c(OC)c1. The Balaban J connectivity index is 1.25. The second-order valence-electron chi connectivity index (χ2n) is 14.4. The molecule has 0 amide bonds. The van der Waals surface area contributed by atoms with Crippen molar-refractivity contribution in [2.24, 2.45) is 51.8 Å². The fraction of sp³-hybridized carbons (Fsp3) is 0.714. The van der Waals surface area contributed by atoms with Crippen LogP contribution in [0, 0.1) is 51.8 Å². The number of Topliss-reactive ketones (excluding diaryl/α,β-unsaturated/α-hetero) is 1. The fourth-order valence-corrected chi connectivity index (χ4v) is 11.3. The zero-order chi connectivity index (χ0) is 27.6. The lowest BCUT2D eigenvalue weighted by molar-refractivity contribution is -0.190. The van der Waals surface area contributed by atoms with E-state index in [0.717, 1.165) is 56.9 Å². The summed E-state index contributed by atoms with van der Waals surface area (Å²) >= 11 is 0. The van der Waals surface area contributed by atoms with Crippen LogP contribution in [0.1, 0.15) is 97.0 Å². The summed E-state index contributed by atoms with van der Waals surface area (Å²) in [7, 11) is 1.64. The quantitative estimate of drug-likeness (QED) is 0.219. The standard InChI is InChI=1S/C35H48O4/c1-6-8-23-10-12-29(30(21-23)38-5)39-32(37)35-17-7-9-27(35)24-11-13-31-33(3)19-16-28(36)22(2)25(33)14-18-34(31,4)26(24)15-20-35/h6,10,12,21-22,24-27,31H,1,7-9,11,13-20H2,2-5H3. The van der Waals surface area contributed by atoms with Crippen LogP contribution in [0.3, 0.4) is 0 Å². The number of methoxy groups -OCH3 is 1. The van der Waals surface area contributed by atoms with Crippen LogP contribution in [0.4, 0.5) is 0 Å². The zero-order valence-corrected chi connectivity index (χ0v) is 24.6. The van der Waals surface area contributed by atoms with Crippen molar-refractivity contribution in [2.75, 3.05) is 7.11 Å². The Labute approximate surface area is 235 Å². The van der Waals surface area contributed by atoms with E-state index < -0.39 is 0 Å². The molecule has 4 heteroatoms. The monoisotopic (exact) mass is 532 g/mol. The summed E-state index contributed by atoms with van der Waals surface area (Å²) in [6.07, 6.45) is 14.7. The van der Waals surface area contributed by atoms with E-state index in [1.807, 2.05) is 24.3 Å². The predicted molar refractivity (Wildman–Crippen MR) is 154 cm³/mol. The maximum Gasteiger partial charge on any atom is 0.317 e. The summed E-state index contributed by atoms with van der Waals surface area (Å²) in [6.45, 7) is 11.2. The number of carbonyl (C=O) groups is 2. The number of hydrogen-bond acceptors (Lipinski definition) is 4. The van der Waals surface area contributed by atoms with Gasteiger partial charge in [0.2, 0.25) is 0 Å². The van der Waals surface area contributed by atoms with E-state index in [2.05, 4.69) is 27.4 Å². The topological polar surface area (TPSA) is 52.6 Å². The van der Waals surface area contributed by atoms with Crippen molar-refractivity contribution in [3.05, 3.63) is 36.4 Å². The van der Waals surface area contributed by atoms with Gasteiger partial charge in [-0.1, -0.05) is 39.3 Å². The molecule has 4 nitrogen and oxygen atoms in total. The van der Waals surface area contributed by atoms with Crippen LogP contribution >= 0.6 is 0 Å². The van der Waals surface area contributed by atoms with Crippen LogP contribution in [0.15, 0.2) is 30.9 Å². The third kappa shape index (κ3) is 3.97. The lowest BCUT2D eigenvalue weighted by Gasteiger charge is -2.67. The van der Waals surface area contributed by atoms with E-state index in [1.165, 1.54) is 25.7 Å². The molecule has 6 rings (SSSR count). The van der Waals surface area contributed by atoms with Gasteiger partial charge in [-0.3, -0.25) is 9.59 Å². The van der Waals surface area contributed by atoms with E-state index in [4.69, 9.17) is 9.47 Å². The Morgan fingerprint density at radius 2 is 1.74 bits per heavy atom. The number of ketones is 1. The zero-order valence-electron chi connectivity index (χ0n) is 24.6. The first-order valence-electron chi connectivity index (χ1n) is 15.7. The molecule has 0 radical (unpaired) electrons. The van der Waals surface area contributed by atoms with Gasteiger partial charge in [-0.15, -0.1) is 6.58 Å². The largest absolute Gasteiger partial charge is 0.493 e. The van der Waals surface area contributed by atoms with Crippen molar-refractivity contribution >= 4 is 11.8 Å². The predicted octanol–water partition coefficient (Wildman–Crippen LogP) is 7.97. The van der Waals surface area contributed by atoms with Crippen molar-refractivity contribution in [3.63, 3.8) is 0 Å². The number of ether oxygens (including phenoxy) is 2. The third-order valence-corrected chi connectivity index (χ3v) is 13.1. The van der Waals surface area contributed by atoms with Crippen molar-refractivity contribution in [1.29, 1.82) is 0 Å². The molecule has 1 aromatic carbocycles. The van der Waals surface area contributed by atoms with Crippen molar-refractivity contribution in [3.8, 4) is 11.5 Å². The average molecular weight is 533 g/mol. The lowest BCUT2D eigenvalue weighted by atomic mass is 9.38. The Morgan fingerprint density at radius 3 is 2.51 bits per heavy atom. The molecule has 0 bridgehead atoms. The molecule has 0 spiro atoms. The minimum atomic E-state index is -0.359. The normalized spacial score (nSPS) is 42.9. The highest BCUT2D eigenvalue weighted by molar-refractivity contribution is 5.82. The van der Waals surface area contributed by atoms with Crippen LogP contribution in [-0.2, 0) is 16.0 Å². The molecule has 212 valence electrons. The molecule has 5 saturated carbocycles. The Morgan fingerprint density at radius 1 is 0.974 bits per heavy atom. The van der Waals surface area contributed by atoms with Gasteiger partial charge in [-0.05, 0) is 122 Å². The summed E-state index contributed by atoms with van der Waals surface area (Å²) in [6, 6.07) is 5.86. The van der Waals surface area contributed by atoms with Gasteiger partial charge in [-0.25, -0.2) is 0 Å². The fourth-order valence-electron chi connectivity index (χ4n) is 11.3. The van der Waals surface area contributed by atoms with Gasteiger partial charge in [0.25, 0.3) is 0 Å². The molecule has 0 heterocycles. The van der Waals surface area contributed by atoms with Crippen LogP contribution in [0.25, 0.3) is 0 Å². The van der Waals surface area contributed by atoms with Crippen molar-refractivity contribution < 1.29 is 19.1 Å². The van der Waals surface area contributed by atoms with E-state index in [0.29, 0.717) is 52.3 Å². The molecular weight excluding hydrogens is 484 g/mol. The number of esters is 1. The number of allylic oxidation sites excluding steroid dienone is 1. The van der Waals surface area contributed by atoms with Crippen LogP contribution < -0.4 is 9.47 Å². The van der Waals surface area contributed by atoms with E-state index >= 15 is 0 Å². The van der Waals surface area contributed by atoms with Crippen LogP contribution in [-0.4, -0.2) is 18.9 Å². The highest BCUT2D eigenvalue weighted by Gasteiger charge is 2.66. The molecule has 0 aliphatic heterocycles. The molecule has 5 aliphatic rings. The molecule has 9 unspecified atom stereocenters. The second kappa shape index (κ2) is 9.77. The number of benzene rings is 1. The first kappa shape index (κ1) is 27.1.